The molecule has 5 rings (SSSR count). The second-order valence-corrected chi connectivity index (χ2v) is 8.13. The van der Waals surface area contributed by atoms with Crippen LogP contribution in [0.15, 0.2) is 88.2 Å². The summed E-state index contributed by atoms with van der Waals surface area (Å²) in [5, 5.41) is 0.513. The summed E-state index contributed by atoms with van der Waals surface area (Å²) in [5.74, 6) is 1.17. The molecule has 0 unspecified atom stereocenters. The van der Waals surface area contributed by atoms with Gasteiger partial charge in [0.25, 0.3) is 11.5 Å². The minimum atomic E-state index is -0.235. The molecular formula is C27H22N4O3. The number of hydrogen-bond acceptors (Lipinski definition) is 5. The Morgan fingerprint density at radius 2 is 1.74 bits per heavy atom. The van der Waals surface area contributed by atoms with Crippen molar-refractivity contribution in [3.05, 3.63) is 106 Å². The number of hydrogen-bond donors (Lipinski definition) is 1. The van der Waals surface area contributed by atoms with Gasteiger partial charge in [-0.05, 0) is 31.2 Å². The highest BCUT2D eigenvalue weighted by atomic mass is 16.4. The van der Waals surface area contributed by atoms with Crippen LogP contribution < -0.4 is 5.56 Å². The van der Waals surface area contributed by atoms with Crippen molar-refractivity contribution in [2.75, 3.05) is 7.05 Å². The Bertz CT molecular complexity index is 1550. The molecule has 168 valence electrons. The SMILES string of the molecule is Cc1ccc(-c2cnc(-c3ccccc3C(=O)N(C)Cc3nc4ccccc4c(=O)[nH]3)o2)cc1. The van der Waals surface area contributed by atoms with Crippen molar-refractivity contribution >= 4 is 16.8 Å². The van der Waals surface area contributed by atoms with Gasteiger partial charge in [0.15, 0.2) is 5.76 Å². The molecular weight excluding hydrogens is 428 g/mol. The molecule has 7 nitrogen and oxygen atoms in total. The first-order valence-electron chi connectivity index (χ1n) is 10.9. The van der Waals surface area contributed by atoms with E-state index >= 15 is 0 Å². The van der Waals surface area contributed by atoms with Crippen molar-refractivity contribution in [3.63, 3.8) is 0 Å². The van der Waals surface area contributed by atoms with Crippen LogP contribution in [-0.2, 0) is 6.54 Å². The predicted octanol–water partition coefficient (Wildman–Crippen LogP) is 4.83. The number of rotatable bonds is 5. The lowest BCUT2D eigenvalue weighted by molar-refractivity contribution is 0.0782. The summed E-state index contributed by atoms with van der Waals surface area (Å²) in [5.41, 5.74) is 3.47. The predicted molar refractivity (Wildman–Crippen MR) is 130 cm³/mol. The Labute approximate surface area is 195 Å². The molecule has 0 radical (unpaired) electrons. The number of aromatic nitrogens is 3. The van der Waals surface area contributed by atoms with E-state index in [9.17, 15) is 9.59 Å². The number of aryl methyl sites for hydroxylation is 1. The maximum Gasteiger partial charge on any atom is 0.258 e. The van der Waals surface area contributed by atoms with Crippen molar-refractivity contribution in [3.8, 4) is 22.8 Å². The van der Waals surface area contributed by atoms with Gasteiger partial charge in [-0.3, -0.25) is 9.59 Å². The van der Waals surface area contributed by atoms with Crippen molar-refractivity contribution < 1.29 is 9.21 Å². The molecule has 0 saturated heterocycles. The van der Waals surface area contributed by atoms with Gasteiger partial charge in [0.2, 0.25) is 5.89 Å². The maximum atomic E-state index is 13.3. The topological polar surface area (TPSA) is 92.1 Å². The normalized spacial score (nSPS) is 11.0. The first-order chi connectivity index (χ1) is 16.5. The summed E-state index contributed by atoms with van der Waals surface area (Å²) in [7, 11) is 1.67. The highest BCUT2D eigenvalue weighted by Gasteiger charge is 2.20. The molecule has 1 N–H and O–H groups in total. The molecule has 0 spiro atoms. The smallest absolute Gasteiger partial charge is 0.258 e. The number of carbonyl (C=O) groups excluding carboxylic acids is 1. The quantitative estimate of drug-likeness (QED) is 0.414. The molecule has 0 aliphatic rings. The van der Waals surface area contributed by atoms with Crippen LogP contribution in [0.25, 0.3) is 33.7 Å². The van der Waals surface area contributed by atoms with Crippen molar-refractivity contribution in [2.45, 2.75) is 13.5 Å². The molecule has 2 aromatic heterocycles. The van der Waals surface area contributed by atoms with Crippen molar-refractivity contribution in [1.29, 1.82) is 0 Å². The number of benzene rings is 3. The fourth-order valence-corrected chi connectivity index (χ4v) is 3.82. The van der Waals surface area contributed by atoms with Gasteiger partial charge in [0, 0.05) is 18.2 Å². The third-order valence-corrected chi connectivity index (χ3v) is 5.63. The van der Waals surface area contributed by atoms with E-state index in [1.54, 1.807) is 43.6 Å². The molecule has 0 bridgehead atoms. The van der Waals surface area contributed by atoms with Gasteiger partial charge in [0.05, 0.1) is 29.2 Å². The summed E-state index contributed by atoms with van der Waals surface area (Å²) in [6.07, 6.45) is 1.66. The number of nitrogens with zero attached hydrogens (tertiary/aromatic N) is 3. The highest BCUT2D eigenvalue weighted by Crippen LogP contribution is 2.29. The lowest BCUT2D eigenvalue weighted by Gasteiger charge is -2.18. The van der Waals surface area contributed by atoms with Crippen LogP contribution in [-0.4, -0.2) is 32.8 Å². The van der Waals surface area contributed by atoms with Gasteiger partial charge in [0.1, 0.15) is 5.82 Å². The van der Waals surface area contributed by atoms with Crippen LogP contribution in [0.3, 0.4) is 0 Å². The highest BCUT2D eigenvalue weighted by molar-refractivity contribution is 5.99. The van der Waals surface area contributed by atoms with Crippen molar-refractivity contribution in [1.82, 2.24) is 19.9 Å². The van der Waals surface area contributed by atoms with Crippen LogP contribution in [0.4, 0.5) is 0 Å². The first-order valence-corrected chi connectivity index (χ1v) is 10.9. The van der Waals surface area contributed by atoms with Gasteiger partial charge < -0.3 is 14.3 Å². The molecule has 2 heterocycles. The minimum absolute atomic E-state index is 0.146. The van der Waals surface area contributed by atoms with Crippen LogP contribution in [0.5, 0.6) is 0 Å². The number of oxazole rings is 1. The minimum Gasteiger partial charge on any atom is -0.436 e. The molecule has 0 atom stereocenters. The van der Waals surface area contributed by atoms with Crippen molar-refractivity contribution in [2.24, 2.45) is 0 Å². The Kier molecular flexibility index (Phi) is 5.51. The monoisotopic (exact) mass is 450 g/mol. The number of nitrogens with one attached hydrogen (secondary N) is 1. The Morgan fingerprint density at radius 1 is 1.00 bits per heavy atom. The number of aromatic amines is 1. The molecule has 1 amide bonds. The van der Waals surface area contributed by atoms with Crippen LogP contribution in [0.2, 0.25) is 0 Å². The molecule has 3 aromatic carbocycles. The van der Waals surface area contributed by atoms with Gasteiger partial charge in [-0.2, -0.15) is 0 Å². The molecule has 0 saturated carbocycles. The summed E-state index contributed by atoms with van der Waals surface area (Å²) >= 11 is 0. The van der Waals surface area contributed by atoms with Gasteiger partial charge >= 0.3 is 0 Å². The lowest BCUT2D eigenvalue weighted by Crippen LogP contribution is -2.28. The van der Waals surface area contributed by atoms with E-state index in [0.717, 1.165) is 11.1 Å². The van der Waals surface area contributed by atoms with Gasteiger partial charge in [-0.25, -0.2) is 9.97 Å². The summed E-state index contributed by atoms with van der Waals surface area (Å²) in [4.78, 5) is 38.9. The first kappa shape index (κ1) is 21.3. The molecule has 5 aromatic rings. The van der Waals surface area contributed by atoms with E-state index in [2.05, 4.69) is 15.0 Å². The van der Waals surface area contributed by atoms with E-state index in [-0.39, 0.29) is 18.0 Å². The third-order valence-electron chi connectivity index (χ3n) is 5.63. The van der Waals surface area contributed by atoms with E-state index < -0.39 is 0 Å². The largest absolute Gasteiger partial charge is 0.436 e. The molecule has 0 aliphatic heterocycles. The summed E-state index contributed by atoms with van der Waals surface area (Å²) in [6, 6.07) is 22.3. The molecule has 0 aliphatic carbocycles. The zero-order chi connectivity index (χ0) is 23.7. The molecule has 0 fully saturated rings. The Balaban J connectivity index is 1.42. The molecule has 7 heteroatoms. The average Bonchev–Trinajstić information content (AvgIpc) is 3.34. The number of amides is 1. The van der Waals surface area contributed by atoms with E-state index in [4.69, 9.17) is 4.42 Å². The van der Waals surface area contributed by atoms with Crippen LogP contribution in [0, 0.1) is 6.92 Å². The second kappa shape index (κ2) is 8.78. The number of fused-ring (bicyclic) bond motifs is 1. The third kappa shape index (κ3) is 4.11. The average molecular weight is 450 g/mol. The van der Waals surface area contributed by atoms with E-state index in [0.29, 0.717) is 39.5 Å². The van der Waals surface area contributed by atoms with E-state index in [1.807, 2.05) is 49.4 Å². The fourth-order valence-electron chi connectivity index (χ4n) is 3.82. The summed E-state index contributed by atoms with van der Waals surface area (Å²) in [6.45, 7) is 2.17. The Hall–Kier alpha value is -4.52. The maximum absolute atomic E-state index is 13.3. The summed E-state index contributed by atoms with van der Waals surface area (Å²) < 4.78 is 6.01. The van der Waals surface area contributed by atoms with Gasteiger partial charge in [-0.1, -0.05) is 54.1 Å². The number of carbonyl (C=O) groups is 1. The Morgan fingerprint density at radius 3 is 2.56 bits per heavy atom. The van der Waals surface area contributed by atoms with Crippen LogP contribution in [0.1, 0.15) is 21.7 Å². The number of H-pyrrole nitrogens is 1. The van der Waals surface area contributed by atoms with Crippen LogP contribution >= 0.6 is 0 Å². The second-order valence-electron chi connectivity index (χ2n) is 8.13. The zero-order valence-electron chi connectivity index (χ0n) is 18.8. The fraction of sp³-hybridized carbons (Fsp3) is 0.111. The van der Waals surface area contributed by atoms with Gasteiger partial charge in [-0.15, -0.1) is 0 Å². The number of para-hydroxylation sites is 1. The lowest BCUT2D eigenvalue weighted by atomic mass is 10.1. The molecule has 34 heavy (non-hydrogen) atoms. The van der Waals surface area contributed by atoms with E-state index in [1.165, 1.54) is 4.90 Å². The standard InChI is InChI=1S/C27H22N4O3/c1-17-11-13-18(14-12-17)23-15-28-26(34-23)19-7-3-4-8-20(19)27(33)31(2)16-24-29-22-10-6-5-9-21(22)25(32)30-24/h3-15H,16H2,1-2H3,(H,29,30,32). The zero-order valence-corrected chi connectivity index (χ0v) is 18.8.